The molecular formula is C19H22O3. The van der Waals surface area contributed by atoms with Gasteiger partial charge in [-0.15, -0.1) is 5.92 Å². The lowest BCUT2D eigenvalue weighted by Gasteiger charge is -2.11. The standard InChI is InChI=1S/C19H22O3/c1-4-6-7-8-14-22-18-12-10-16(11-13-18)17(9-5-2)15-19(20)21-3/h4,6-8,10-13,17H,14-15H2,1-3H3/b6-4+,8-7+. The van der Waals surface area contributed by atoms with Gasteiger partial charge in [0.05, 0.1) is 19.4 Å². The molecule has 3 nitrogen and oxygen atoms in total. The quantitative estimate of drug-likeness (QED) is 0.435. The molecule has 0 heterocycles. The third-order valence-corrected chi connectivity index (χ3v) is 2.99. The van der Waals surface area contributed by atoms with Crippen LogP contribution in [0, 0.1) is 11.8 Å². The molecule has 0 saturated carbocycles. The topological polar surface area (TPSA) is 35.5 Å². The first-order valence-corrected chi connectivity index (χ1v) is 7.21. The zero-order valence-corrected chi connectivity index (χ0v) is 13.3. The van der Waals surface area contributed by atoms with Crippen LogP contribution in [-0.4, -0.2) is 19.7 Å². The highest BCUT2D eigenvalue weighted by Crippen LogP contribution is 2.22. The normalized spacial score (nSPS) is 12.0. The Labute approximate surface area is 132 Å². The lowest BCUT2D eigenvalue weighted by molar-refractivity contribution is -0.140. The summed E-state index contributed by atoms with van der Waals surface area (Å²) in [6.07, 6.45) is 8.05. The van der Waals surface area contributed by atoms with Crippen LogP contribution in [0.15, 0.2) is 48.6 Å². The SMILES string of the molecule is CC#CC(CC(=O)OC)c1ccc(OC/C=C/C=C/C)cc1. The number of hydrogen-bond acceptors (Lipinski definition) is 3. The summed E-state index contributed by atoms with van der Waals surface area (Å²) in [4.78, 5) is 11.4. The monoisotopic (exact) mass is 298 g/mol. The van der Waals surface area contributed by atoms with Gasteiger partial charge in [-0.3, -0.25) is 4.79 Å². The van der Waals surface area contributed by atoms with Gasteiger partial charge in [0.25, 0.3) is 0 Å². The minimum absolute atomic E-state index is 0.152. The largest absolute Gasteiger partial charge is 0.490 e. The Morgan fingerprint density at radius 2 is 2.00 bits per heavy atom. The molecule has 0 aliphatic carbocycles. The lowest BCUT2D eigenvalue weighted by Crippen LogP contribution is -2.07. The summed E-state index contributed by atoms with van der Waals surface area (Å²) in [5.74, 6) is 6.27. The van der Waals surface area contributed by atoms with Gasteiger partial charge in [-0.1, -0.05) is 36.3 Å². The summed E-state index contributed by atoms with van der Waals surface area (Å²) in [7, 11) is 1.39. The number of methoxy groups -OCH3 is 1. The first-order chi connectivity index (χ1) is 10.7. The Balaban J connectivity index is 2.67. The van der Waals surface area contributed by atoms with E-state index in [1.54, 1.807) is 6.92 Å². The van der Waals surface area contributed by atoms with E-state index < -0.39 is 0 Å². The van der Waals surface area contributed by atoms with E-state index in [1.807, 2.05) is 55.5 Å². The van der Waals surface area contributed by atoms with Crippen molar-refractivity contribution >= 4 is 5.97 Å². The summed E-state index contributed by atoms with van der Waals surface area (Å²) in [5, 5.41) is 0. The van der Waals surface area contributed by atoms with Crippen molar-refractivity contribution in [1.82, 2.24) is 0 Å². The smallest absolute Gasteiger partial charge is 0.307 e. The zero-order chi connectivity index (χ0) is 16.2. The summed E-state index contributed by atoms with van der Waals surface area (Å²) < 4.78 is 10.3. The highest BCUT2D eigenvalue weighted by atomic mass is 16.5. The van der Waals surface area contributed by atoms with Gasteiger partial charge in [-0.25, -0.2) is 0 Å². The van der Waals surface area contributed by atoms with Crippen LogP contribution >= 0.6 is 0 Å². The van der Waals surface area contributed by atoms with Gasteiger partial charge >= 0.3 is 5.97 Å². The summed E-state index contributed by atoms with van der Waals surface area (Å²) >= 11 is 0. The molecule has 22 heavy (non-hydrogen) atoms. The molecule has 0 fully saturated rings. The molecule has 0 aliphatic heterocycles. The van der Waals surface area contributed by atoms with Gasteiger partial charge in [0.2, 0.25) is 0 Å². The molecule has 1 aromatic rings. The number of esters is 1. The molecule has 0 aliphatic rings. The van der Waals surface area contributed by atoms with Crippen LogP contribution in [0.2, 0.25) is 0 Å². The molecule has 116 valence electrons. The maximum absolute atomic E-state index is 11.4. The third-order valence-electron chi connectivity index (χ3n) is 2.99. The first kappa shape index (κ1) is 17.6. The molecule has 1 atom stereocenters. The summed E-state index contributed by atoms with van der Waals surface area (Å²) in [6, 6.07) is 7.65. The van der Waals surface area contributed by atoms with Crippen LogP contribution in [-0.2, 0) is 9.53 Å². The fourth-order valence-corrected chi connectivity index (χ4v) is 1.86. The second-order valence-electron chi connectivity index (χ2n) is 4.56. The number of ether oxygens (including phenoxy) is 2. The minimum Gasteiger partial charge on any atom is -0.490 e. The van der Waals surface area contributed by atoms with Gasteiger partial charge in [-0.05, 0) is 37.6 Å². The van der Waals surface area contributed by atoms with Gasteiger partial charge in [0.1, 0.15) is 12.4 Å². The minimum atomic E-state index is -0.262. The average molecular weight is 298 g/mol. The van der Waals surface area contributed by atoms with E-state index in [9.17, 15) is 4.79 Å². The molecule has 0 radical (unpaired) electrons. The molecule has 0 N–H and O–H groups in total. The Kier molecular flexibility index (Phi) is 8.22. The molecule has 0 spiro atoms. The van der Waals surface area contributed by atoms with Crippen molar-refractivity contribution in [2.45, 2.75) is 26.2 Å². The highest BCUT2D eigenvalue weighted by Gasteiger charge is 2.14. The summed E-state index contributed by atoms with van der Waals surface area (Å²) in [6.45, 7) is 4.25. The Morgan fingerprint density at radius 3 is 2.59 bits per heavy atom. The van der Waals surface area contributed by atoms with Crippen molar-refractivity contribution in [1.29, 1.82) is 0 Å². The molecule has 0 amide bonds. The maximum Gasteiger partial charge on any atom is 0.307 e. The van der Waals surface area contributed by atoms with Crippen LogP contribution < -0.4 is 4.74 Å². The highest BCUT2D eigenvalue weighted by molar-refractivity contribution is 5.71. The zero-order valence-electron chi connectivity index (χ0n) is 13.3. The second-order valence-corrected chi connectivity index (χ2v) is 4.56. The Morgan fingerprint density at radius 1 is 1.27 bits per heavy atom. The second kappa shape index (κ2) is 10.3. The Hall–Kier alpha value is -2.47. The van der Waals surface area contributed by atoms with Crippen LogP contribution in [0.1, 0.15) is 31.7 Å². The lowest BCUT2D eigenvalue weighted by atomic mass is 9.96. The number of rotatable bonds is 7. The predicted octanol–water partition coefficient (Wildman–Crippen LogP) is 3.87. The molecular weight excluding hydrogens is 276 g/mol. The van der Waals surface area contributed by atoms with Crippen LogP contribution in [0.25, 0.3) is 0 Å². The Bertz CT molecular complexity index is 571. The number of carbonyl (C=O) groups is 1. The van der Waals surface area contributed by atoms with E-state index in [-0.39, 0.29) is 18.3 Å². The predicted molar refractivity (Wildman–Crippen MR) is 88.7 cm³/mol. The first-order valence-electron chi connectivity index (χ1n) is 7.21. The van der Waals surface area contributed by atoms with Crippen molar-refractivity contribution in [3.63, 3.8) is 0 Å². The van der Waals surface area contributed by atoms with Gasteiger partial charge < -0.3 is 9.47 Å². The maximum atomic E-state index is 11.4. The van der Waals surface area contributed by atoms with Gasteiger partial charge in [-0.2, -0.15) is 0 Å². The average Bonchev–Trinajstić information content (AvgIpc) is 2.54. The van der Waals surface area contributed by atoms with Crippen LogP contribution in [0.5, 0.6) is 5.75 Å². The molecule has 0 saturated heterocycles. The number of allylic oxidation sites excluding steroid dienone is 3. The van der Waals surface area contributed by atoms with E-state index in [4.69, 9.17) is 9.47 Å². The molecule has 0 aromatic heterocycles. The van der Waals surface area contributed by atoms with Crippen molar-refractivity contribution < 1.29 is 14.3 Å². The summed E-state index contributed by atoms with van der Waals surface area (Å²) in [5.41, 5.74) is 0.983. The van der Waals surface area contributed by atoms with Crippen molar-refractivity contribution in [2.24, 2.45) is 0 Å². The van der Waals surface area contributed by atoms with Crippen LogP contribution in [0.3, 0.4) is 0 Å². The molecule has 0 bridgehead atoms. The molecule has 1 aromatic carbocycles. The molecule has 3 heteroatoms. The van der Waals surface area contributed by atoms with Crippen molar-refractivity contribution in [3.05, 3.63) is 54.1 Å². The van der Waals surface area contributed by atoms with Crippen LogP contribution in [0.4, 0.5) is 0 Å². The van der Waals surface area contributed by atoms with Gasteiger partial charge in [0, 0.05) is 0 Å². The molecule has 1 unspecified atom stereocenters. The number of benzene rings is 1. The van der Waals surface area contributed by atoms with E-state index in [2.05, 4.69) is 11.8 Å². The number of carbonyl (C=O) groups excluding carboxylic acids is 1. The van der Waals surface area contributed by atoms with E-state index in [0.717, 1.165) is 11.3 Å². The van der Waals surface area contributed by atoms with Crippen molar-refractivity contribution in [3.8, 4) is 17.6 Å². The van der Waals surface area contributed by atoms with E-state index >= 15 is 0 Å². The number of hydrogen-bond donors (Lipinski definition) is 0. The van der Waals surface area contributed by atoms with E-state index in [1.165, 1.54) is 7.11 Å². The van der Waals surface area contributed by atoms with Crippen molar-refractivity contribution in [2.75, 3.05) is 13.7 Å². The fourth-order valence-electron chi connectivity index (χ4n) is 1.86. The van der Waals surface area contributed by atoms with E-state index in [0.29, 0.717) is 6.61 Å². The van der Waals surface area contributed by atoms with Gasteiger partial charge in [0.15, 0.2) is 0 Å². The third kappa shape index (κ3) is 6.32. The fraction of sp³-hybridized carbons (Fsp3) is 0.316. The molecule has 1 rings (SSSR count).